The van der Waals surface area contributed by atoms with E-state index in [1.165, 1.54) is 6.33 Å². The molecule has 2 amide bonds. The molecule has 13 heteroatoms. The number of anilines is 1. The van der Waals surface area contributed by atoms with Crippen LogP contribution in [-0.2, 0) is 9.53 Å². The summed E-state index contributed by atoms with van der Waals surface area (Å²) in [6.45, 7) is 12.6. The molecule has 1 atom stereocenters. The number of aromatic nitrogens is 4. The van der Waals surface area contributed by atoms with Gasteiger partial charge in [-0.1, -0.05) is 24.3 Å². The molecule has 13 nitrogen and oxygen atoms in total. The van der Waals surface area contributed by atoms with Gasteiger partial charge in [0.25, 0.3) is 0 Å². The van der Waals surface area contributed by atoms with Gasteiger partial charge in [0, 0.05) is 57.5 Å². The molecule has 52 heavy (non-hydrogen) atoms. The molecule has 0 radical (unpaired) electrons. The highest BCUT2D eigenvalue weighted by Crippen LogP contribution is 2.35. The van der Waals surface area contributed by atoms with Crippen LogP contribution in [0.4, 0.5) is 10.6 Å². The number of hydrogen-bond donors (Lipinski definition) is 1. The standard InChI is InChI=1S/C39H51N9O4/c1-39(2,3)52-38(50)46-25-23-45(24-26-46)21-10-20-44(4)19-9-14-33(49)47-22-8-11-30(27-47)48-37-34(36(40)41-28-42-37)35(43-48)29-15-17-32(18-16-29)51-31-12-6-5-7-13-31/h5-7,9,12-18,28,30H,8,10-11,19-27H2,1-4H3,(H2,40,41,42)/b14-9+/t30-/m1/s1. The van der Waals surface area contributed by atoms with Crippen LogP contribution < -0.4 is 10.5 Å². The van der Waals surface area contributed by atoms with Crippen LogP contribution in [0.5, 0.6) is 11.5 Å². The second kappa shape index (κ2) is 16.6. The highest BCUT2D eigenvalue weighted by Gasteiger charge is 2.29. The molecule has 276 valence electrons. The van der Waals surface area contributed by atoms with E-state index < -0.39 is 5.60 Å². The summed E-state index contributed by atoms with van der Waals surface area (Å²) in [6.07, 6.45) is 7.62. The van der Waals surface area contributed by atoms with E-state index >= 15 is 0 Å². The topological polar surface area (TPSA) is 135 Å². The van der Waals surface area contributed by atoms with Crippen molar-refractivity contribution in [2.75, 3.05) is 71.7 Å². The lowest BCUT2D eigenvalue weighted by atomic mass is 10.1. The Kier molecular flexibility index (Phi) is 11.7. The largest absolute Gasteiger partial charge is 0.457 e. The Morgan fingerprint density at radius 2 is 1.69 bits per heavy atom. The number of hydrogen-bond acceptors (Lipinski definition) is 10. The Hall–Kier alpha value is -5.01. The van der Waals surface area contributed by atoms with Gasteiger partial charge in [-0.25, -0.2) is 19.4 Å². The number of para-hydroxylation sites is 1. The second-order valence-corrected chi connectivity index (χ2v) is 14.6. The first-order valence-electron chi connectivity index (χ1n) is 18.2. The first-order chi connectivity index (χ1) is 25.0. The van der Waals surface area contributed by atoms with Crippen LogP contribution in [0.2, 0.25) is 0 Å². The third-order valence-corrected chi connectivity index (χ3v) is 9.39. The SMILES string of the molecule is CN(C/C=C/C(=O)N1CCC[C@@H](n2nc(-c3ccc(Oc4ccccc4)cc3)c3c(N)ncnc32)C1)CCCN1CCN(C(=O)OC(C)(C)C)CC1. The first kappa shape index (κ1) is 36.8. The Labute approximate surface area is 306 Å². The normalized spacial score (nSPS) is 17.3. The summed E-state index contributed by atoms with van der Waals surface area (Å²) in [5, 5.41) is 5.73. The molecule has 2 saturated heterocycles. The molecular formula is C39H51N9O4. The number of amides is 2. The van der Waals surface area contributed by atoms with E-state index in [2.05, 4.69) is 26.8 Å². The fraction of sp³-hybridized carbons (Fsp3) is 0.462. The van der Waals surface area contributed by atoms with Crippen molar-refractivity contribution in [1.82, 2.24) is 39.3 Å². The van der Waals surface area contributed by atoms with Gasteiger partial charge in [0.1, 0.15) is 34.9 Å². The fourth-order valence-electron chi connectivity index (χ4n) is 6.69. The summed E-state index contributed by atoms with van der Waals surface area (Å²) in [5.41, 5.74) is 8.16. The second-order valence-electron chi connectivity index (χ2n) is 14.6. The number of benzene rings is 2. The zero-order chi connectivity index (χ0) is 36.7. The van der Waals surface area contributed by atoms with E-state index in [9.17, 15) is 9.59 Å². The molecule has 0 spiro atoms. The lowest BCUT2D eigenvalue weighted by Gasteiger charge is -2.35. The number of carbonyl (C=O) groups is 2. The smallest absolute Gasteiger partial charge is 0.410 e. The molecule has 2 aromatic heterocycles. The summed E-state index contributed by atoms with van der Waals surface area (Å²) in [4.78, 5) is 42.8. The molecule has 2 N–H and O–H groups in total. The maximum atomic E-state index is 13.3. The van der Waals surface area contributed by atoms with Gasteiger partial charge in [-0.3, -0.25) is 9.69 Å². The van der Waals surface area contributed by atoms with Gasteiger partial charge < -0.3 is 29.9 Å². The molecule has 0 unspecified atom stereocenters. The molecular weight excluding hydrogens is 658 g/mol. The fourth-order valence-corrected chi connectivity index (χ4v) is 6.69. The van der Waals surface area contributed by atoms with E-state index in [1.54, 1.807) is 11.0 Å². The van der Waals surface area contributed by atoms with Gasteiger partial charge in [0.2, 0.25) is 5.91 Å². The van der Waals surface area contributed by atoms with Crippen molar-refractivity contribution in [2.45, 2.75) is 51.7 Å². The van der Waals surface area contributed by atoms with Gasteiger partial charge in [0.05, 0.1) is 11.4 Å². The average molecular weight is 710 g/mol. The lowest BCUT2D eigenvalue weighted by Crippen LogP contribution is -2.50. The maximum absolute atomic E-state index is 13.3. The van der Waals surface area contributed by atoms with Gasteiger partial charge in [-0.2, -0.15) is 5.10 Å². The number of nitrogens with zero attached hydrogens (tertiary/aromatic N) is 8. The van der Waals surface area contributed by atoms with E-state index in [4.69, 9.17) is 20.3 Å². The molecule has 6 rings (SSSR count). The van der Waals surface area contributed by atoms with Crippen molar-refractivity contribution in [2.24, 2.45) is 0 Å². The Balaban J connectivity index is 1.00. The van der Waals surface area contributed by atoms with Crippen LogP contribution in [0.3, 0.4) is 0 Å². The van der Waals surface area contributed by atoms with E-state index in [0.29, 0.717) is 55.3 Å². The molecule has 0 bridgehead atoms. The van der Waals surface area contributed by atoms with Crippen molar-refractivity contribution in [1.29, 1.82) is 0 Å². The van der Waals surface area contributed by atoms with Gasteiger partial charge in [-0.05, 0) is 96.6 Å². The predicted octanol–water partition coefficient (Wildman–Crippen LogP) is 5.46. The highest BCUT2D eigenvalue weighted by atomic mass is 16.6. The zero-order valence-electron chi connectivity index (χ0n) is 30.8. The van der Waals surface area contributed by atoms with E-state index in [-0.39, 0.29) is 18.0 Å². The van der Waals surface area contributed by atoms with Crippen LogP contribution in [0.25, 0.3) is 22.3 Å². The average Bonchev–Trinajstić information content (AvgIpc) is 3.53. The summed E-state index contributed by atoms with van der Waals surface area (Å²) in [6, 6.07) is 17.3. The van der Waals surface area contributed by atoms with Crippen molar-refractivity contribution in [3.8, 4) is 22.8 Å². The number of likely N-dealkylation sites (N-methyl/N-ethyl adjacent to an activating group) is 1. The number of piperazine rings is 1. The number of fused-ring (bicyclic) bond motifs is 1. The summed E-state index contributed by atoms with van der Waals surface area (Å²) < 4.78 is 13.4. The lowest BCUT2D eigenvalue weighted by molar-refractivity contribution is -0.127. The highest BCUT2D eigenvalue weighted by molar-refractivity contribution is 5.98. The molecule has 4 heterocycles. The van der Waals surface area contributed by atoms with Crippen LogP contribution in [0.15, 0.2) is 73.1 Å². The number of nitrogen functional groups attached to an aromatic ring is 1. The monoisotopic (exact) mass is 709 g/mol. The number of rotatable bonds is 11. The number of nitrogens with two attached hydrogens (primary N) is 1. The molecule has 2 aromatic carbocycles. The minimum absolute atomic E-state index is 0.000730. The van der Waals surface area contributed by atoms with Crippen LogP contribution in [-0.4, -0.2) is 123 Å². The molecule has 2 fully saturated rings. The van der Waals surface area contributed by atoms with Crippen molar-refractivity contribution in [3.05, 3.63) is 73.1 Å². The first-order valence-corrected chi connectivity index (χ1v) is 18.2. The predicted molar refractivity (Wildman–Crippen MR) is 202 cm³/mol. The minimum atomic E-state index is -0.478. The third kappa shape index (κ3) is 9.45. The Morgan fingerprint density at radius 3 is 2.42 bits per heavy atom. The zero-order valence-corrected chi connectivity index (χ0v) is 30.8. The van der Waals surface area contributed by atoms with Crippen LogP contribution in [0, 0.1) is 0 Å². The Morgan fingerprint density at radius 1 is 0.962 bits per heavy atom. The van der Waals surface area contributed by atoms with Gasteiger partial charge in [-0.15, -0.1) is 0 Å². The van der Waals surface area contributed by atoms with Crippen molar-refractivity contribution in [3.63, 3.8) is 0 Å². The van der Waals surface area contributed by atoms with Crippen molar-refractivity contribution >= 4 is 28.9 Å². The quantitative estimate of drug-likeness (QED) is 0.200. The summed E-state index contributed by atoms with van der Waals surface area (Å²) in [5.74, 6) is 1.85. The Bertz CT molecular complexity index is 1830. The number of ether oxygens (including phenoxy) is 2. The van der Waals surface area contributed by atoms with Crippen molar-refractivity contribution < 1.29 is 19.1 Å². The molecule has 4 aromatic rings. The molecule has 0 aliphatic carbocycles. The van der Waals surface area contributed by atoms with Gasteiger partial charge in [0.15, 0.2) is 5.65 Å². The molecule has 2 aliphatic rings. The number of piperidine rings is 1. The van der Waals surface area contributed by atoms with Crippen LogP contribution >= 0.6 is 0 Å². The van der Waals surface area contributed by atoms with E-state index in [0.717, 1.165) is 62.5 Å². The summed E-state index contributed by atoms with van der Waals surface area (Å²) in [7, 11) is 2.07. The molecule has 0 saturated carbocycles. The van der Waals surface area contributed by atoms with Gasteiger partial charge >= 0.3 is 6.09 Å². The number of likely N-dealkylation sites (tertiary alicyclic amines) is 1. The number of carbonyl (C=O) groups excluding carboxylic acids is 2. The van der Waals surface area contributed by atoms with Crippen LogP contribution in [0.1, 0.15) is 46.1 Å². The summed E-state index contributed by atoms with van der Waals surface area (Å²) >= 11 is 0. The van der Waals surface area contributed by atoms with E-state index in [1.807, 2.05) is 91.0 Å². The minimum Gasteiger partial charge on any atom is -0.457 e. The third-order valence-electron chi connectivity index (χ3n) is 9.39. The maximum Gasteiger partial charge on any atom is 0.410 e. The molecule has 2 aliphatic heterocycles.